The van der Waals surface area contributed by atoms with Gasteiger partial charge in [0, 0.05) is 25.6 Å². The molecule has 1 heterocycles. The van der Waals surface area contributed by atoms with Gasteiger partial charge in [0.25, 0.3) is 0 Å². The van der Waals surface area contributed by atoms with Gasteiger partial charge in [-0.05, 0) is 12.5 Å². The average Bonchev–Trinajstić information content (AvgIpc) is 2.48. The summed E-state index contributed by atoms with van der Waals surface area (Å²) in [5, 5.41) is 2.90. The highest BCUT2D eigenvalue weighted by molar-refractivity contribution is 5.74. The highest BCUT2D eigenvalue weighted by Gasteiger charge is 2.24. The molecule has 1 aliphatic heterocycles. The molecule has 0 unspecified atom stereocenters. The Kier molecular flexibility index (Phi) is 5.18. The number of carbonyl (C=O) groups is 1. The molecular formula is C16H22N2O2. The van der Waals surface area contributed by atoms with Crippen molar-refractivity contribution in [2.45, 2.75) is 25.5 Å². The normalized spacial score (nSPS) is 20.2. The molecule has 2 amide bonds. The molecule has 1 N–H and O–H groups in total. The van der Waals surface area contributed by atoms with E-state index in [9.17, 15) is 4.79 Å². The average molecular weight is 274 g/mol. The van der Waals surface area contributed by atoms with Crippen LogP contribution in [0.2, 0.25) is 0 Å². The molecule has 4 heteroatoms. The van der Waals surface area contributed by atoms with Gasteiger partial charge in [-0.25, -0.2) is 4.79 Å². The molecule has 0 saturated carbocycles. The van der Waals surface area contributed by atoms with Gasteiger partial charge in [0.2, 0.25) is 0 Å². The molecule has 1 saturated heterocycles. The first kappa shape index (κ1) is 14.6. The number of morpholine rings is 1. The maximum absolute atomic E-state index is 12.1. The molecule has 2 atom stereocenters. The topological polar surface area (TPSA) is 41.6 Å². The molecular weight excluding hydrogens is 252 g/mol. The monoisotopic (exact) mass is 274 g/mol. The summed E-state index contributed by atoms with van der Waals surface area (Å²) in [6.07, 6.45) is 2.62. The van der Waals surface area contributed by atoms with Gasteiger partial charge >= 0.3 is 6.03 Å². The van der Waals surface area contributed by atoms with Gasteiger partial charge in [0.1, 0.15) is 0 Å². The number of nitrogens with one attached hydrogen (secondary N) is 1. The Hall–Kier alpha value is -1.81. The zero-order chi connectivity index (χ0) is 14.4. The number of amides is 2. The second-order valence-electron chi connectivity index (χ2n) is 5.10. The van der Waals surface area contributed by atoms with Crippen LogP contribution in [0.25, 0.3) is 0 Å². The molecule has 20 heavy (non-hydrogen) atoms. The largest absolute Gasteiger partial charge is 0.374 e. The Morgan fingerprint density at radius 3 is 3.00 bits per heavy atom. The van der Waals surface area contributed by atoms with Crippen molar-refractivity contribution in [1.29, 1.82) is 0 Å². The summed E-state index contributed by atoms with van der Waals surface area (Å²) in [6.45, 7) is 7.44. The van der Waals surface area contributed by atoms with E-state index in [1.54, 1.807) is 6.08 Å². The van der Waals surface area contributed by atoms with Crippen LogP contribution in [0.5, 0.6) is 0 Å². The quantitative estimate of drug-likeness (QED) is 0.855. The maximum atomic E-state index is 12.1. The minimum atomic E-state index is -0.0428. The van der Waals surface area contributed by atoms with E-state index in [0.29, 0.717) is 19.7 Å². The van der Waals surface area contributed by atoms with E-state index in [-0.39, 0.29) is 18.2 Å². The molecule has 0 bridgehead atoms. The van der Waals surface area contributed by atoms with Gasteiger partial charge in [0.15, 0.2) is 0 Å². The molecule has 0 spiro atoms. The Bertz CT molecular complexity index is 447. The van der Waals surface area contributed by atoms with E-state index in [0.717, 1.165) is 6.42 Å². The summed E-state index contributed by atoms with van der Waals surface area (Å²) in [6, 6.07) is 10.2. The molecule has 2 rings (SSSR count). The molecule has 0 radical (unpaired) electrons. The minimum Gasteiger partial charge on any atom is -0.374 e. The maximum Gasteiger partial charge on any atom is 0.318 e. The van der Waals surface area contributed by atoms with Crippen molar-refractivity contribution in [3.8, 4) is 0 Å². The van der Waals surface area contributed by atoms with E-state index in [1.807, 2.05) is 30.0 Å². The van der Waals surface area contributed by atoms with Crippen molar-refractivity contribution in [3.63, 3.8) is 0 Å². The van der Waals surface area contributed by atoms with E-state index in [4.69, 9.17) is 4.74 Å². The van der Waals surface area contributed by atoms with Crippen LogP contribution in [0, 0.1) is 0 Å². The van der Waals surface area contributed by atoms with Crippen LogP contribution in [0.1, 0.15) is 12.5 Å². The third kappa shape index (κ3) is 4.10. The van der Waals surface area contributed by atoms with Gasteiger partial charge in [0.05, 0.1) is 12.7 Å². The fourth-order valence-corrected chi connectivity index (χ4v) is 2.25. The Morgan fingerprint density at radius 1 is 1.55 bits per heavy atom. The first-order chi connectivity index (χ1) is 9.69. The lowest BCUT2D eigenvalue weighted by atomic mass is 10.1. The second-order valence-corrected chi connectivity index (χ2v) is 5.10. The number of hydrogen-bond acceptors (Lipinski definition) is 2. The Labute approximate surface area is 120 Å². The van der Waals surface area contributed by atoms with Gasteiger partial charge < -0.3 is 15.0 Å². The molecule has 1 aliphatic rings. The summed E-state index contributed by atoms with van der Waals surface area (Å²) in [7, 11) is 0. The molecule has 1 fully saturated rings. The number of ether oxygens (including phenoxy) is 1. The Morgan fingerprint density at radius 2 is 2.30 bits per heavy atom. The molecule has 0 aliphatic carbocycles. The van der Waals surface area contributed by atoms with Crippen molar-refractivity contribution in [2.75, 3.05) is 19.7 Å². The van der Waals surface area contributed by atoms with Gasteiger partial charge in [-0.3, -0.25) is 0 Å². The van der Waals surface area contributed by atoms with Crippen molar-refractivity contribution in [1.82, 2.24) is 10.2 Å². The number of hydrogen-bond donors (Lipinski definition) is 1. The third-order valence-electron chi connectivity index (χ3n) is 3.44. The molecule has 108 valence electrons. The van der Waals surface area contributed by atoms with E-state index in [2.05, 4.69) is 24.0 Å². The summed E-state index contributed by atoms with van der Waals surface area (Å²) in [5.74, 6) is 0. The first-order valence-electron chi connectivity index (χ1n) is 7.02. The lowest BCUT2D eigenvalue weighted by Gasteiger charge is -2.33. The fourth-order valence-electron chi connectivity index (χ4n) is 2.25. The van der Waals surface area contributed by atoms with Gasteiger partial charge in [-0.15, -0.1) is 6.58 Å². The van der Waals surface area contributed by atoms with Crippen LogP contribution in [0.4, 0.5) is 4.79 Å². The number of rotatable bonds is 4. The number of benzene rings is 1. The number of carbonyl (C=O) groups excluding carboxylic acids is 1. The van der Waals surface area contributed by atoms with E-state index < -0.39 is 0 Å². The van der Waals surface area contributed by atoms with Crippen molar-refractivity contribution in [3.05, 3.63) is 48.6 Å². The number of nitrogens with zero attached hydrogens (tertiary/aromatic N) is 1. The second kappa shape index (κ2) is 7.10. The van der Waals surface area contributed by atoms with Crippen LogP contribution in [-0.2, 0) is 11.2 Å². The zero-order valence-electron chi connectivity index (χ0n) is 11.9. The van der Waals surface area contributed by atoms with Crippen LogP contribution < -0.4 is 5.32 Å². The molecule has 4 nitrogen and oxygen atoms in total. The number of urea groups is 1. The lowest BCUT2D eigenvalue weighted by molar-refractivity contribution is -0.0134. The summed E-state index contributed by atoms with van der Waals surface area (Å²) in [5.41, 5.74) is 1.24. The predicted molar refractivity (Wildman–Crippen MR) is 79.6 cm³/mol. The van der Waals surface area contributed by atoms with Crippen LogP contribution in [0.15, 0.2) is 43.0 Å². The summed E-state index contributed by atoms with van der Waals surface area (Å²) in [4.78, 5) is 13.9. The SMILES string of the molecule is C=C[C@H](C)NC(=O)N1CCO[C@@H](Cc2ccccc2)C1. The van der Waals surface area contributed by atoms with E-state index in [1.165, 1.54) is 5.56 Å². The standard InChI is InChI=1S/C16H22N2O2/c1-3-13(2)17-16(19)18-9-10-20-15(12-18)11-14-7-5-4-6-8-14/h3-8,13,15H,1,9-12H2,2H3,(H,17,19)/t13-,15-/m0/s1. The predicted octanol–water partition coefficient (Wildman–Crippen LogP) is 2.21. The zero-order valence-corrected chi connectivity index (χ0v) is 11.9. The van der Waals surface area contributed by atoms with Crippen molar-refractivity contribution in [2.24, 2.45) is 0 Å². The van der Waals surface area contributed by atoms with Crippen molar-refractivity contribution >= 4 is 6.03 Å². The van der Waals surface area contributed by atoms with E-state index >= 15 is 0 Å². The van der Waals surface area contributed by atoms with Gasteiger partial charge in [-0.2, -0.15) is 0 Å². The lowest BCUT2D eigenvalue weighted by Crippen LogP contribution is -2.51. The third-order valence-corrected chi connectivity index (χ3v) is 3.44. The van der Waals surface area contributed by atoms with Crippen molar-refractivity contribution < 1.29 is 9.53 Å². The first-order valence-corrected chi connectivity index (χ1v) is 7.02. The minimum absolute atomic E-state index is 0.0158. The fraction of sp³-hybridized carbons (Fsp3) is 0.438. The summed E-state index contributed by atoms with van der Waals surface area (Å²) >= 11 is 0. The van der Waals surface area contributed by atoms with Crippen LogP contribution in [-0.4, -0.2) is 42.8 Å². The highest BCUT2D eigenvalue weighted by Crippen LogP contribution is 2.12. The van der Waals surface area contributed by atoms with Crippen LogP contribution >= 0.6 is 0 Å². The highest BCUT2D eigenvalue weighted by atomic mass is 16.5. The van der Waals surface area contributed by atoms with Crippen LogP contribution in [0.3, 0.4) is 0 Å². The summed E-state index contributed by atoms with van der Waals surface area (Å²) < 4.78 is 5.75. The Balaban J connectivity index is 1.88. The van der Waals surface area contributed by atoms with Gasteiger partial charge in [-0.1, -0.05) is 36.4 Å². The smallest absolute Gasteiger partial charge is 0.318 e. The molecule has 1 aromatic rings. The molecule has 1 aromatic carbocycles. The molecule has 0 aromatic heterocycles.